The molecule has 2 unspecified atom stereocenters. The van der Waals surface area contributed by atoms with Gasteiger partial charge >= 0.3 is 6.03 Å². The van der Waals surface area contributed by atoms with E-state index in [0.29, 0.717) is 13.2 Å². The van der Waals surface area contributed by atoms with Crippen molar-refractivity contribution >= 4 is 6.03 Å². The Kier molecular flexibility index (Phi) is 5.71. The summed E-state index contributed by atoms with van der Waals surface area (Å²) in [6, 6.07) is 9.76. The molecule has 2 heterocycles. The molecular weight excluding hydrogens is 316 g/mol. The first kappa shape index (κ1) is 17.5. The van der Waals surface area contributed by atoms with Gasteiger partial charge in [0.1, 0.15) is 5.82 Å². The topological polar surface area (TPSA) is 59.4 Å². The molecule has 134 valence electrons. The number of carbonyl (C=O) groups is 1. The van der Waals surface area contributed by atoms with Crippen LogP contribution in [0.15, 0.2) is 42.7 Å². The molecule has 1 fully saturated rings. The molecule has 0 aliphatic carbocycles. The quantitative estimate of drug-likeness (QED) is 0.909. The van der Waals surface area contributed by atoms with Gasteiger partial charge in [-0.2, -0.15) is 0 Å². The number of methoxy groups -OCH3 is 1. The maximum Gasteiger partial charge on any atom is 0.317 e. The average Bonchev–Trinajstić information content (AvgIpc) is 3.08. The van der Waals surface area contributed by atoms with Crippen LogP contribution >= 0.6 is 0 Å². The van der Waals surface area contributed by atoms with Gasteiger partial charge in [-0.3, -0.25) is 0 Å². The van der Waals surface area contributed by atoms with Crippen LogP contribution in [0.5, 0.6) is 0 Å². The van der Waals surface area contributed by atoms with Crippen LogP contribution in [-0.2, 0) is 11.8 Å². The van der Waals surface area contributed by atoms with E-state index in [-0.39, 0.29) is 18.0 Å². The molecule has 2 atom stereocenters. The molecule has 0 bridgehead atoms. The van der Waals surface area contributed by atoms with Gasteiger partial charge < -0.3 is 19.5 Å². The number of nitrogens with one attached hydrogen (secondary N) is 1. The van der Waals surface area contributed by atoms with Gasteiger partial charge in [0, 0.05) is 45.6 Å². The van der Waals surface area contributed by atoms with Crippen molar-refractivity contribution in [3.05, 3.63) is 54.1 Å². The fourth-order valence-corrected chi connectivity index (χ4v) is 3.46. The van der Waals surface area contributed by atoms with Crippen LogP contribution < -0.4 is 5.32 Å². The van der Waals surface area contributed by atoms with E-state index in [1.807, 2.05) is 59.2 Å². The SMILES string of the molecule is COCC(NC(=O)N1CCCC(c2nccn2C)C1)c1ccccc1. The third-order valence-electron chi connectivity index (χ3n) is 4.77. The first-order valence-electron chi connectivity index (χ1n) is 8.75. The zero-order valence-corrected chi connectivity index (χ0v) is 14.9. The Morgan fingerprint density at radius 3 is 2.88 bits per heavy atom. The van der Waals surface area contributed by atoms with Crippen LogP contribution in [0.2, 0.25) is 0 Å². The van der Waals surface area contributed by atoms with E-state index in [1.165, 1.54) is 0 Å². The van der Waals surface area contributed by atoms with Crippen LogP contribution in [0, 0.1) is 0 Å². The Balaban J connectivity index is 1.66. The number of benzene rings is 1. The molecular formula is C19H26N4O2. The number of aromatic nitrogens is 2. The van der Waals surface area contributed by atoms with E-state index in [9.17, 15) is 4.79 Å². The lowest BCUT2D eigenvalue weighted by Crippen LogP contribution is -2.47. The normalized spacial score (nSPS) is 18.8. The van der Waals surface area contributed by atoms with Crippen LogP contribution in [0.1, 0.15) is 36.2 Å². The van der Waals surface area contributed by atoms with Gasteiger partial charge in [0.05, 0.1) is 12.6 Å². The largest absolute Gasteiger partial charge is 0.382 e. The maximum atomic E-state index is 12.8. The van der Waals surface area contributed by atoms with Crippen molar-refractivity contribution in [2.75, 3.05) is 26.8 Å². The average molecular weight is 342 g/mol. The number of hydrogen-bond acceptors (Lipinski definition) is 3. The van der Waals surface area contributed by atoms with Crippen molar-refractivity contribution in [3.63, 3.8) is 0 Å². The number of nitrogens with zero attached hydrogens (tertiary/aromatic N) is 3. The zero-order chi connectivity index (χ0) is 17.6. The Bertz CT molecular complexity index is 686. The molecule has 1 N–H and O–H groups in total. The molecule has 1 aromatic carbocycles. The molecule has 3 rings (SSSR count). The molecule has 0 saturated carbocycles. The second-order valence-corrected chi connectivity index (χ2v) is 6.55. The van der Waals surface area contributed by atoms with Gasteiger partial charge in [0.15, 0.2) is 0 Å². The minimum absolute atomic E-state index is 0.0372. The highest BCUT2D eigenvalue weighted by atomic mass is 16.5. The molecule has 25 heavy (non-hydrogen) atoms. The van der Waals surface area contributed by atoms with E-state index >= 15 is 0 Å². The number of aryl methyl sites for hydroxylation is 1. The van der Waals surface area contributed by atoms with E-state index in [4.69, 9.17) is 4.74 Å². The number of hydrogen-bond donors (Lipinski definition) is 1. The molecule has 1 saturated heterocycles. The predicted molar refractivity (Wildman–Crippen MR) is 96.3 cm³/mol. The number of rotatable bonds is 5. The van der Waals surface area contributed by atoms with E-state index in [2.05, 4.69) is 10.3 Å². The second-order valence-electron chi connectivity index (χ2n) is 6.55. The lowest BCUT2D eigenvalue weighted by atomic mass is 9.97. The summed E-state index contributed by atoms with van der Waals surface area (Å²) < 4.78 is 7.34. The summed E-state index contributed by atoms with van der Waals surface area (Å²) >= 11 is 0. The smallest absolute Gasteiger partial charge is 0.317 e. The molecule has 6 nitrogen and oxygen atoms in total. The standard InChI is InChI=1S/C19H26N4O2/c1-22-12-10-20-18(22)16-9-6-11-23(13-16)19(24)21-17(14-25-2)15-7-4-3-5-8-15/h3-5,7-8,10,12,16-17H,6,9,11,13-14H2,1-2H3,(H,21,24). The third-order valence-corrected chi connectivity index (χ3v) is 4.77. The molecule has 2 aromatic rings. The van der Waals surface area contributed by atoms with E-state index < -0.39 is 0 Å². The van der Waals surface area contributed by atoms with Crippen molar-refractivity contribution in [1.29, 1.82) is 0 Å². The fraction of sp³-hybridized carbons (Fsp3) is 0.474. The van der Waals surface area contributed by atoms with Crippen LogP contribution in [0.3, 0.4) is 0 Å². The summed E-state index contributed by atoms with van der Waals surface area (Å²) in [7, 11) is 3.66. The molecule has 1 aromatic heterocycles. The molecule has 6 heteroatoms. The number of ether oxygens (including phenoxy) is 1. The fourth-order valence-electron chi connectivity index (χ4n) is 3.46. The lowest BCUT2D eigenvalue weighted by Gasteiger charge is -2.33. The van der Waals surface area contributed by atoms with Crippen molar-refractivity contribution in [1.82, 2.24) is 19.8 Å². The molecule has 1 aliphatic rings. The zero-order valence-electron chi connectivity index (χ0n) is 14.9. The third kappa shape index (κ3) is 4.20. The van der Waals surface area contributed by atoms with Crippen molar-refractivity contribution < 1.29 is 9.53 Å². The Morgan fingerprint density at radius 1 is 1.40 bits per heavy atom. The van der Waals surface area contributed by atoms with Crippen LogP contribution in [0.25, 0.3) is 0 Å². The Morgan fingerprint density at radius 2 is 2.20 bits per heavy atom. The van der Waals surface area contributed by atoms with Gasteiger partial charge in [-0.1, -0.05) is 30.3 Å². The van der Waals surface area contributed by atoms with Gasteiger partial charge in [0.25, 0.3) is 0 Å². The van der Waals surface area contributed by atoms with Gasteiger partial charge in [-0.15, -0.1) is 0 Å². The monoisotopic (exact) mass is 342 g/mol. The summed E-state index contributed by atoms with van der Waals surface area (Å²) in [4.78, 5) is 19.1. The van der Waals surface area contributed by atoms with Crippen molar-refractivity contribution in [2.45, 2.75) is 24.8 Å². The number of carbonyl (C=O) groups excluding carboxylic acids is 1. The van der Waals surface area contributed by atoms with Gasteiger partial charge in [-0.05, 0) is 18.4 Å². The van der Waals surface area contributed by atoms with Crippen molar-refractivity contribution in [2.24, 2.45) is 7.05 Å². The van der Waals surface area contributed by atoms with Gasteiger partial charge in [-0.25, -0.2) is 9.78 Å². The summed E-state index contributed by atoms with van der Waals surface area (Å²) in [6.07, 6.45) is 5.83. The number of imidazole rings is 1. The number of likely N-dealkylation sites (tertiary alicyclic amines) is 1. The predicted octanol–water partition coefficient (Wildman–Crippen LogP) is 2.70. The minimum atomic E-state index is -0.146. The maximum absolute atomic E-state index is 12.8. The first-order chi connectivity index (χ1) is 12.2. The number of piperidine rings is 1. The Hall–Kier alpha value is -2.34. The number of amides is 2. The minimum Gasteiger partial charge on any atom is -0.382 e. The molecule has 0 radical (unpaired) electrons. The Labute approximate surface area is 148 Å². The van der Waals surface area contributed by atoms with Crippen LogP contribution in [0.4, 0.5) is 4.79 Å². The van der Waals surface area contributed by atoms with E-state index in [0.717, 1.165) is 30.8 Å². The summed E-state index contributed by atoms with van der Waals surface area (Å²) in [5.41, 5.74) is 1.05. The highest BCUT2D eigenvalue weighted by Crippen LogP contribution is 2.25. The first-order valence-corrected chi connectivity index (χ1v) is 8.75. The van der Waals surface area contributed by atoms with Crippen molar-refractivity contribution in [3.8, 4) is 0 Å². The molecule has 0 spiro atoms. The van der Waals surface area contributed by atoms with Crippen LogP contribution in [-0.4, -0.2) is 47.3 Å². The molecule has 2 amide bonds. The highest BCUT2D eigenvalue weighted by molar-refractivity contribution is 5.75. The summed E-state index contributed by atoms with van der Waals surface area (Å²) in [5.74, 6) is 1.34. The number of urea groups is 1. The second kappa shape index (κ2) is 8.16. The highest BCUT2D eigenvalue weighted by Gasteiger charge is 2.28. The summed E-state index contributed by atoms with van der Waals surface area (Å²) in [5, 5.41) is 3.12. The van der Waals surface area contributed by atoms with E-state index in [1.54, 1.807) is 7.11 Å². The molecule has 1 aliphatic heterocycles. The lowest BCUT2D eigenvalue weighted by molar-refractivity contribution is 0.147. The summed E-state index contributed by atoms with van der Waals surface area (Å²) in [6.45, 7) is 1.93. The van der Waals surface area contributed by atoms with Gasteiger partial charge in [0.2, 0.25) is 0 Å².